The highest BCUT2D eigenvalue weighted by Gasteiger charge is 2.43. The van der Waals surface area contributed by atoms with Gasteiger partial charge in [-0.25, -0.2) is 4.79 Å². The van der Waals surface area contributed by atoms with Crippen molar-refractivity contribution in [2.45, 2.75) is 18.6 Å². The topological polar surface area (TPSA) is 54.0 Å². The number of rotatable bonds is 3. The average molecular weight is 264 g/mol. The second-order valence-corrected chi connectivity index (χ2v) is 4.77. The molecular formula is C14H16O5. The smallest absolute Gasteiger partial charge is 0.343 e. The van der Waals surface area contributed by atoms with E-state index in [-0.39, 0.29) is 12.2 Å². The summed E-state index contributed by atoms with van der Waals surface area (Å²) in [5.74, 6) is 0.265. The molecular weight excluding hydrogens is 248 g/mol. The van der Waals surface area contributed by atoms with E-state index >= 15 is 0 Å². The Morgan fingerprint density at radius 1 is 1.47 bits per heavy atom. The van der Waals surface area contributed by atoms with Crippen LogP contribution in [0.2, 0.25) is 0 Å². The summed E-state index contributed by atoms with van der Waals surface area (Å²) in [4.78, 5) is 11.0. The van der Waals surface area contributed by atoms with Crippen molar-refractivity contribution in [1.29, 1.82) is 0 Å². The molecule has 1 fully saturated rings. The van der Waals surface area contributed by atoms with Gasteiger partial charge in [-0.1, -0.05) is 6.07 Å². The first-order valence-electron chi connectivity index (χ1n) is 6.28. The van der Waals surface area contributed by atoms with Gasteiger partial charge in [0.25, 0.3) is 0 Å². The molecule has 5 nitrogen and oxygen atoms in total. The highest BCUT2D eigenvalue weighted by Crippen LogP contribution is 2.43. The van der Waals surface area contributed by atoms with E-state index in [1.54, 1.807) is 0 Å². The molecule has 0 bridgehead atoms. The van der Waals surface area contributed by atoms with Gasteiger partial charge in [0.2, 0.25) is 0 Å². The van der Waals surface area contributed by atoms with Crippen molar-refractivity contribution in [3.63, 3.8) is 0 Å². The maximum Gasteiger partial charge on any atom is 0.343 e. The van der Waals surface area contributed by atoms with Crippen LogP contribution in [-0.2, 0) is 31.2 Å². The molecule has 0 aromatic heterocycles. The van der Waals surface area contributed by atoms with Gasteiger partial charge in [0.1, 0.15) is 11.4 Å². The third-order valence-corrected chi connectivity index (χ3v) is 3.64. The van der Waals surface area contributed by atoms with Gasteiger partial charge >= 0.3 is 5.97 Å². The predicted molar refractivity (Wildman–Crippen MR) is 65.9 cm³/mol. The Morgan fingerprint density at radius 2 is 2.37 bits per heavy atom. The van der Waals surface area contributed by atoms with Crippen LogP contribution in [0.1, 0.15) is 17.5 Å². The SMILES string of the molecule is COC(=O)COc1ccc2c(c1)COC21CCOC1. The molecule has 1 spiro atoms. The standard InChI is InChI=1S/C14H16O5/c1-16-13(15)8-18-11-2-3-12-10(6-11)7-19-14(12)4-5-17-9-14/h2-3,6H,4-5,7-9H2,1H3. The zero-order chi connectivity index (χ0) is 13.3. The summed E-state index contributed by atoms with van der Waals surface area (Å²) < 4.78 is 21.3. The van der Waals surface area contributed by atoms with E-state index in [0.29, 0.717) is 19.0 Å². The van der Waals surface area contributed by atoms with E-state index < -0.39 is 5.97 Å². The van der Waals surface area contributed by atoms with Gasteiger partial charge in [0.15, 0.2) is 6.61 Å². The molecule has 2 aliphatic heterocycles. The first-order chi connectivity index (χ1) is 9.23. The van der Waals surface area contributed by atoms with Crippen LogP contribution in [0.5, 0.6) is 5.75 Å². The third-order valence-electron chi connectivity index (χ3n) is 3.64. The predicted octanol–water partition coefficient (Wildman–Crippen LogP) is 1.38. The van der Waals surface area contributed by atoms with E-state index in [1.165, 1.54) is 12.7 Å². The highest BCUT2D eigenvalue weighted by molar-refractivity contribution is 5.70. The van der Waals surface area contributed by atoms with Gasteiger partial charge in [-0.2, -0.15) is 0 Å². The molecule has 1 unspecified atom stereocenters. The van der Waals surface area contributed by atoms with Crippen LogP contribution in [0.25, 0.3) is 0 Å². The molecule has 0 amide bonds. The Kier molecular flexibility index (Phi) is 3.16. The van der Waals surface area contributed by atoms with E-state index in [2.05, 4.69) is 4.74 Å². The van der Waals surface area contributed by atoms with Crippen molar-refractivity contribution in [2.24, 2.45) is 0 Å². The quantitative estimate of drug-likeness (QED) is 0.772. The minimum Gasteiger partial charge on any atom is -0.482 e. The summed E-state index contributed by atoms with van der Waals surface area (Å²) in [6, 6.07) is 5.78. The van der Waals surface area contributed by atoms with E-state index in [9.17, 15) is 4.79 Å². The normalized spacial score (nSPS) is 24.5. The molecule has 5 heteroatoms. The summed E-state index contributed by atoms with van der Waals surface area (Å²) in [5.41, 5.74) is 2.01. The molecule has 102 valence electrons. The van der Waals surface area contributed by atoms with Crippen LogP contribution in [-0.4, -0.2) is 32.9 Å². The van der Waals surface area contributed by atoms with Gasteiger partial charge in [-0.15, -0.1) is 0 Å². The molecule has 1 atom stereocenters. The Bertz CT molecular complexity index is 491. The lowest BCUT2D eigenvalue weighted by Crippen LogP contribution is -2.25. The average Bonchev–Trinajstić information content (AvgIpc) is 3.05. The lowest BCUT2D eigenvalue weighted by atomic mass is 9.92. The maximum absolute atomic E-state index is 11.0. The van der Waals surface area contributed by atoms with Crippen molar-refractivity contribution < 1.29 is 23.7 Å². The van der Waals surface area contributed by atoms with Crippen LogP contribution < -0.4 is 4.74 Å². The van der Waals surface area contributed by atoms with Crippen molar-refractivity contribution >= 4 is 5.97 Å². The molecule has 1 aromatic carbocycles. The largest absolute Gasteiger partial charge is 0.482 e. The molecule has 19 heavy (non-hydrogen) atoms. The summed E-state index contributed by atoms with van der Waals surface area (Å²) in [7, 11) is 1.34. The van der Waals surface area contributed by atoms with Crippen LogP contribution in [0.15, 0.2) is 18.2 Å². The first-order valence-corrected chi connectivity index (χ1v) is 6.28. The van der Waals surface area contributed by atoms with Crippen LogP contribution in [0.3, 0.4) is 0 Å². The van der Waals surface area contributed by atoms with Gasteiger partial charge < -0.3 is 18.9 Å². The molecule has 1 aromatic rings. The molecule has 2 heterocycles. The fraction of sp³-hybridized carbons (Fsp3) is 0.500. The summed E-state index contributed by atoms with van der Waals surface area (Å²) >= 11 is 0. The fourth-order valence-corrected chi connectivity index (χ4v) is 2.59. The molecule has 3 rings (SSSR count). The number of carbonyl (C=O) groups excluding carboxylic acids is 1. The van der Waals surface area contributed by atoms with Crippen molar-refractivity contribution in [3.05, 3.63) is 29.3 Å². The molecule has 0 N–H and O–H groups in total. The van der Waals surface area contributed by atoms with E-state index in [4.69, 9.17) is 14.2 Å². The fourth-order valence-electron chi connectivity index (χ4n) is 2.59. The van der Waals surface area contributed by atoms with E-state index in [1.807, 2.05) is 18.2 Å². The lowest BCUT2D eigenvalue weighted by Gasteiger charge is -2.21. The highest BCUT2D eigenvalue weighted by atomic mass is 16.6. The number of benzene rings is 1. The zero-order valence-electron chi connectivity index (χ0n) is 10.8. The molecule has 0 saturated carbocycles. The Labute approximate surface area is 111 Å². The van der Waals surface area contributed by atoms with Gasteiger partial charge in [-0.05, 0) is 23.3 Å². The van der Waals surface area contributed by atoms with Crippen LogP contribution >= 0.6 is 0 Å². The number of hydrogen-bond donors (Lipinski definition) is 0. The number of carbonyl (C=O) groups is 1. The van der Waals surface area contributed by atoms with Gasteiger partial charge in [0.05, 0.1) is 20.3 Å². The maximum atomic E-state index is 11.0. The molecule has 2 aliphatic rings. The first kappa shape index (κ1) is 12.4. The minimum absolute atomic E-state index is 0.0790. The number of fused-ring (bicyclic) bond motifs is 2. The number of esters is 1. The van der Waals surface area contributed by atoms with Crippen molar-refractivity contribution in [1.82, 2.24) is 0 Å². The van der Waals surface area contributed by atoms with Gasteiger partial charge in [-0.3, -0.25) is 0 Å². The van der Waals surface area contributed by atoms with E-state index in [0.717, 1.165) is 18.6 Å². The molecule has 1 saturated heterocycles. The zero-order valence-corrected chi connectivity index (χ0v) is 10.8. The summed E-state index contributed by atoms with van der Waals surface area (Å²) in [6.07, 6.45) is 0.891. The van der Waals surface area contributed by atoms with Crippen molar-refractivity contribution in [3.8, 4) is 5.75 Å². The van der Waals surface area contributed by atoms with Crippen LogP contribution in [0, 0.1) is 0 Å². The Hall–Kier alpha value is -1.59. The number of hydrogen-bond acceptors (Lipinski definition) is 5. The van der Waals surface area contributed by atoms with Gasteiger partial charge in [0, 0.05) is 13.0 Å². The van der Waals surface area contributed by atoms with Crippen LogP contribution in [0.4, 0.5) is 0 Å². The Morgan fingerprint density at radius 3 is 3.11 bits per heavy atom. The monoisotopic (exact) mass is 264 g/mol. The third kappa shape index (κ3) is 2.19. The number of methoxy groups -OCH3 is 1. The lowest BCUT2D eigenvalue weighted by molar-refractivity contribution is -0.142. The Balaban J connectivity index is 1.76. The minimum atomic E-state index is -0.391. The molecule has 0 aliphatic carbocycles. The second kappa shape index (κ2) is 4.83. The molecule has 0 radical (unpaired) electrons. The second-order valence-electron chi connectivity index (χ2n) is 4.77. The summed E-state index contributed by atoms with van der Waals surface area (Å²) in [5, 5.41) is 0. The van der Waals surface area contributed by atoms with Crippen molar-refractivity contribution in [2.75, 3.05) is 26.9 Å². The number of ether oxygens (including phenoxy) is 4. The summed E-state index contributed by atoms with van der Waals surface area (Å²) in [6.45, 7) is 1.83.